The van der Waals surface area contributed by atoms with Crippen molar-refractivity contribution >= 4 is 43.3 Å². The lowest BCUT2D eigenvalue weighted by Gasteiger charge is -2.28. The van der Waals surface area contributed by atoms with Crippen molar-refractivity contribution in [2.24, 2.45) is 11.7 Å². The Morgan fingerprint density at radius 2 is 1.55 bits per heavy atom. The van der Waals surface area contributed by atoms with Crippen molar-refractivity contribution in [2.75, 3.05) is 19.8 Å². The number of nitrogens with one attached hydrogen (secondary N) is 5. The third-order valence-corrected chi connectivity index (χ3v) is 11.2. The number of phosphoric ester groups is 1. The first-order valence-electron chi connectivity index (χ1n) is 20.6. The van der Waals surface area contributed by atoms with Crippen molar-refractivity contribution in [2.45, 2.75) is 135 Å². The molecule has 0 bridgehead atoms. The maximum atomic E-state index is 13.7. The number of primary amides is 1. The number of aromatic nitrogens is 2. The molecule has 0 saturated carbocycles. The molecule has 9 N–H and O–H groups in total. The van der Waals surface area contributed by atoms with E-state index in [0.29, 0.717) is 31.5 Å². The van der Waals surface area contributed by atoms with Crippen LogP contribution in [0.25, 0.3) is 0 Å². The summed E-state index contributed by atoms with van der Waals surface area (Å²) in [6.45, 7) is 5.65. The molecule has 334 valence electrons. The minimum Gasteiger partial charge on any atom is -0.394 e. The Kier molecular flexibility index (Phi) is 20.8. The van der Waals surface area contributed by atoms with Gasteiger partial charge in [-0.15, -0.1) is 0 Å². The van der Waals surface area contributed by atoms with E-state index in [-0.39, 0.29) is 31.3 Å². The van der Waals surface area contributed by atoms with Crippen molar-refractivity contribution in [1.82, 2.24) is 36.1 Å². The molecular weight excluding hydrogens is 799 g/mol. The first kappa shape index (κ1) is 49.7. The number of H-pyrrole nitrogens is 1. The third kappa shape index (κ3) is 17.1. The molecule has 1 aromatic heterocycles. The lowest BCUT2D eigenvalue weighted by Crippen LogP contribution is -2.61. The molecule has 0 spiro atoms. The molecule has 1 saturated heterocycles. The summed E-state index contributed by atoms with van der Waals surface area (Å²) in [6, 6.07) is 3.65. The molecule has 3 rings (SSSR count). The standard InChI is InChI=1S/C40H63N8O11P/c1-26(2)21-31(45-40(55)34-18-14-19-48(34)28(4)50)37(52)44-32(22-30-23-42-25-43-30)38(53)46-33(24-49)39(54)47-35(36(41)51)27(3)59-60(56,57)58-20-13-8-6-5-7-10-15-29-16-11-9-12-17-29/h9,11-12,16-17,23,25-27,31-35,49H,5-8,10,13-15,18-22,24H2,1-4H3,(H2,41,51)(H,42,43)(H,44,52)(H,45,55)(H,46,53)(H,47,54)(H,56,57)/t27?,31-,32-,33-,34-,35-/m0/s1. The fourth-order valence-corrected chi connectivity index (χ4v) is 7.85. The van der Waals surface area contributed by atoms with Gasteiger partial charge in [-0.1, -0.05) is 69.9 Å². The van der Waals surface area contributed by atoms with E-state index in [1.807, 2.05) is 32.0 Å². The quantitative estimate of drug-likeness (QED) is 0.0469. The van der Waals surface area contributed by atoms with E-state index in [1.54, 1.807) is 0 Å². The number of aryl methyl sites for hydroxylation is 1. The predicted molar refractivity (Wildman–Crippen MR) is 220 cm³/mol. The SMILES string of the molecule is CC(=O)N1CCC[C@H]1C(=O)N[C@@H](CC(C)C)C(=O)N[C@@H](Cc1cnc[nH]1)C(=O)N[C@@H](CO)C(=O)N[C@H](C(N)=O)C(C)OP(=O)(O)OCCCCCCCCc1ccccc1. The second kappa shape index (κ2) is 25.2. The number of carbonyl (C=O) groups excluding carboxylic acids is 6. The molecule has 60 heavy (non-hydrogen) atoms. The van der Waals surface area contributed by atoms with Crippen LogP contribution in [-0.2, 0) is 55.2 Å². The predicted octanol–water partition coefficient (Wildman–Crippen LogP) is 1.53. The van der Waals surface area contributed by atoms with Gasteiger partial charge >= 0.3 is 7.82 Å². The summed E-state index contributed by atoms with van der Waals surface area (Å²) in [5.41, 5.74) is 7.23. The van der Waals surface area contributed by atoms with Gasteiger partial charge in [0.2, 0.25) is 35.4 Å². The number of aliphatic hydroxyl groups excluding tert-OH is 1. The number of nitrogens with two attached hydrogens (primary N) is 1. The summed E-state index contributed by atoms with van der Waals surface area (Å²) in [5, 5.41) is 20.1. The molecule has 2 heterocycles. The number of aliphatic hydroxyl groups is 1. The molecule has 0 aliphatic carbocycles. The Morgan fingerprint density at radius 3 is 2.17 bits per heavy atom. The van der Waals surface area contributed by atoms with Crippen molar-refractivity contribution in [3.8, 4) is 0 Å². The molecule has 1 aliphatic rings. The topological polar surface area (TPSA) is 284 Å². The van der Waals surface area contributed by atoms with Crippen LogP contribution < -0.4 is 27.0 Å². The minimum atomic E-state index is -4.70. The number of hydrogen-bond acceptors (Lipinski definition) is 11. The Bertz CT molecular complexity index is 1730. The zero-order valence-electron chi connectivity index (χ0n) is 35.0. The summed E-state index contributed by atoms with van der Waals surface area (Å²) in [6.07, 6.45) is 8.73. The maximum Gasteiger partial charge on any atom is 0.472 e. The van der Waals surface area contributed by atoms with E-state index in [0.717, 1.165) is 38.5 Å². The minimum absolute atomic E-state index is 0.0672. The van der Waals surface area contributed by atoms with Crippen molar-refractivity contribution in [1.29, 1.82) is 0 Å². The van der Waals surface area contributed by atoms with Gasteiger partial charge in [-0.25, -0.2) is 9.55 Å². The number of amides is 6. The van der Waals surface area contributed by atoms with Gasteiger partial charge in [-0.05, 0) is 56.9 Å². The highest BCUT2D eigenvalue weighted by Gasteiger charge is 2.37. The van der Waals surface area contributed by atoms with Crippen molar-refractivity contribution < 1.29 is 52.4 Å². The van der Waals surface area contributed by atoms with Crippen LogP contribution in [0.3, 0.4) is 0 Å². The van der Waals surface area contributed by atoms with Crippen LogP contribution in [0.2, 0.25) is 0 Å². The lowest BCUT2D eigenvalue weighted by molar-refractivity contribution is -0.139. The third-order valence-electron chi connectivity index (χ3n) is 10.1. The second-order valence-corrected chi connectivity index (χ2v) is 16.9. The Balaban J connectivity index is 1.56. The molecule has 1 fully saturated rings. The fraction of sp³-hybridized carbons (Fsp3) is 0.625. The number of benzene rings is 1. The van der Waals surface area contributed by atoms with Crippen LogP contribution in [0.15, 0.2) is 42.9 Å². The van der Waals surface area contributed by atoms with Crippen LogP contribution in [0.4, 0.5) is 0 Å². The summed E-state index contributed by atoms with van der Waals surface area (Å²) in [4.78, 5) is 97.1. The number of unbranched alkanes of at least 4 members (excludes halogenated alkanes) is 5. The summed E-state index contributed by atoms with van der Waals surface area (Å²) >= 11 is 0. The highest BCUT2D eigenvalue weighted by Crippen LogP contribution is 2.45. The molecule has 20 heteroatoms. The van der Waals surface area contributed by atoms with E-state index < -0.39 is 80.3 Å². The number of likely N-dealkylation sites (tertiary alicyclic amines) is 1. The molecule has 6 amide bonds. The molecule has 2 aromatic rings. The maximum absolute atomic E-state index is 13.7. The Labute approximate surface area is 351 Å². The molecule has 1 aliphatic heterocycles. The van der Waals surface area contributed by atoms with Crippen molar-refractivity contribution in [3.05, 3.63) is 54.1 Å². The highest BCUT2D eigenvalue weighted by molar-refractivity contribution is 7.47. The number of aromatic amines is 1. The van der Waals surface area contributed by atoms with Gasteiger partial charge in [-0.2, -0.15) is 0 Å². The van der Waals surface area contributed by atoms with Gasteiger partial charge in [0.1, 0.15) is 30.2 Å². The van der Waals surface area contributed by atoms with E-state index in [9.17, 15) is 43.3 Å². The van der Waals surface area contributed by atoms with Gasteiger partial charge in [0.05, 0.1) is 25.6 Å². The first-order chi connectivity index (χ1) is 28.5. The average molecular weight is 863 g/mol. The lowest BCUT2D eigenvalue weighted by atomic mass is 10.0. The Hall–Kier alpha value is -4.68. The number of nitrogens with zero attached hydrogens (tertiary/aromatic N) is 2. The number of imidazole rings is 1. The van der Waals surface area contributed by atoms with E-state index in [2.05, 4.69) is 43.4 Å². The van der Waals surface area contributed by atoms with E-state index >= 15 is 0 Å². The number of rotatable bonds is 27. The van der Waals surface area contributed by atoms with Gasteiger partial charge < -0.3 is 46.9 Å². The molecule has 7 atom stereocenters. The summed E-state index contributed by atoms with van der Waals surface area (Å²) in [5.74, 6) is -4.69. The van der Waals surface area contributed by atoms with Crippen LogP contribution in [0.1, 0.15) is 96.7 Å². The fourth-order valence-electron chi connectivity index (χ4n) is 6.89. The second-order valence-electron chi connectivity index (χ2n) is 15.5. The van der Waals surface area contributed by atoms with Crippen LogP contribution in [0, 0.1) is 5.92 Å². The van der Waals surface area contributed by atoms with E-state index in [1.165, 1.54) is 36.8 Å². The first-order valence-corrected chi connectivity index (χ1v) is 22.1. The summed E-state index contributed by atoms with van der Waals surface area (Å²) < 4.78 is 22.9. The van der Waals surface area contributed by atoms with Gasteiger partial charge in [0.25, 0.3) is 0 Å². The molecule has 19 nitrogen and oxygen atoms in total. The smallest absolute Gasteiger partial charge is 0.394 e. The number of phosphoric acid groups is 1. The van der Waals surface area contributed by atoms with Gasteiger partial charge in [0, 0.05) is 31.8 Å². The van der Waals surface area contributed by atoms with E-state index in [4.69, 9.17) is 14.8 Å². The molecule has 0 radical (unpaired) electrons. The normalized spacial score (nSPS) is 17.4. The largest absolute Gasteiger partial charge is 0.472 e. The van der Waals surface area contributed by atoms with Gasteiger partial charge in [-0.3, -0.25) is 37.8 Å². The zero-order valence-corrected chi connectivity index (χ0v) is 35.9. The zero-order chi connectivity index (χ0) is 44.2. The summed E-state index contributed by atoms with van der Waals surface area (Å²) in [7, 11) is -4.70. The van der Waals surface area contributed by atoms with Crippen LogP contribution >= 0.6 is 7.82 Å². The van der Waals surface area contributed by atoms with Gasteiger partial charge in [0.15, 0.2) is 0 Å². The number of hydrogen-bond donors (Lipinski definition) is 8. The number of carbonyl (C=O) groups is 6. The molecule has 2 unspecified atom stereocenters. The Morgan fingerprint density at radius 1 is 0.917 bits per heavy atom. The molecular formula is C40H63N8O11P. The average Bonchev–Trinajstić information content (AvgIpc) is 3.91. The van der Waals surface area contributed by atoms with Crippen LogP contribution in [0.5, 0.6) is 0 Å². The molecule has 1 aromatic carbocycles. The van der Waals surface area contributed by atoms with Crippen LogP contribution in [-0.4, -0.2) is 116 Å². The highest BCUT2D eigenvalue weighted by atomic mass is 31.2. The monoisotopic (exact) mass is 862 g/mol. The van der Waals surface area contributed by atoms with Crippen molar-refractivity contribution in [3.63, 3.8) is 0 Å².